The Morgan fingerprint density at radius 3 is 2.75 bits per heavy atom. The minimum Gasteiger partial charge on any atom is -0.423 e. The van der Waals surface area contributed by atoms with Crippen molar-refractivity contribution in [2.24, 2.45) is 0 Å². The minimum atomic E-state index is -0.382. The Hall–Kier alpha value is -2.38. The lowest BCUT2D eigenvalue weighted by atomic mass is 10.1. The second-order valence-corrected chi connectivity index (χ2v) is 8.70. The van der Waals surface area contributed by atoms with Gasteiger partial charge in [0.15, 0.2) is 5.16 Å². The molecule has 5 nitrogen and oxygen atoms in total. The van der Waals surface area contributed by atoms with E-state index >= 15 is 0 Å². The van der Waals surface area contributed by atoms with Crippen LogP contribution >= 0.6 is 27.7 Å². The number of hydrogen-bond acceptors (Lipinski definition) is 5. The molecule has 1 aliphatic carbocycles. The highest BCUT2D eigenvalue weighted by molar-refractivity contribution is 9.10. The van der Waals surface area contributed by atoms with Crippen LogP contribution in [0.1, 0.15) is 24.4 Å². The molecule has 4 aromatic rings. The first-order chi connectivity index (χ1) is 13.6. The Bertz CT molecular complexity index is 1340. The van der Waals surface area contributed by atoms with Crippen LogP contribution in [0.25, 0.3) is 21.9 Å². The fourth-order valence-corrected chi connectivity index (χ4v) is 4.75. The van der Waals surface area contributed by atoms with E-state index in [0.29, 0.717) is 27.4 Å². The lowest BCUT2D eigenvalue weighted by molar-refractivity contribution is 0.559. The van der Waals surface area contributed by atoms with Crippen LogP contribution in [-0.4, -0.2) is 9.55 Å². The van der Waals surface area contributed by atoms with E-state index in [4.69, 9.17) is 9.40 Å². The molecule has 0 aliphatic heterocycles. The van der Waals surface area contributed by atoms with Crippen molar-refractivity contribution in [2.45, 2.75) is 29.8 Å². The number of rotatable bonds is 4. The topological polar surface area (TPSA) is 65.1 Å². The molecule has 2 heterocycles. The van der Waals surface area contributed by atoms with Crippen molar-refractivity contribution < 1.29 is 4.42 Å². The first-order valence-electron chi connectivity index (χ1n) is 8.96. The molecule has 1 aliphatic rings. The van der Waals surface area contributed by atoms with Crippen LogP contribution in [0.5, 0.6) is 0 Å². The second-order valence-electron chi connectivity index (χ2n) is 6.84. The molecule has 0 bridgehead atoms. The van der Waals surface area contributed by atoms with Gasteiger partial charge in [0.05, 0.1) is 10.9 Å². The summed E-state index contributed by atoms with van der Waals surface area (Å²) in [7, 11) is 0. The Labute approximate surface area is 172 Å². The quantitative estimate of drug-likeness (QED) is 0.249. The summed E-state index contributed by atoms with van der Waals surface area (Å²) in [5.74, 6) is 0.529. The Morgan fingerprint density at radius 1 is 1.11 bits per heavy atom. The van der Waals surface area contributed by atoms with Gasteiger partial charge < -0.3 is 4.42 Å². The molecule has 2 aromatic heterocycles. The summed E-state index contributed by atoms with van der Waals surface area (Å²) in [5, 5.41) is 2.23. The smallest absolute Gasteiger partial charge is 0.336 e. The monoisotopic (exact) mass is 454 g/mol. The summed E-state index contributed by atoms with van der Waals surface area (Å²) in [6.45, 7) is 0. The van der Waals surface area contributed by atoms with Gasteiger partial charge in [0, 0.05) is 27.7 Å². The molecule has 7 heteroatoms. The maximum Gasteiger partial charge on any atom is 0.336 e. The molecule has 0 unspecified atom stereocenters. The van der Waals surface area contributed by atoms with Crippen molar-refractivity contribution in [1.82, 2.24) is 9.55 Å². The standard InChI is InChI=1S/C21H15BrN2O3S/c22-13-5-8-15-12(9-19(25)27-18(15)10-13)11-28-21-23-17-4-2-1-3-16(17)20(26)24(21)14-6-7-14/h1-5,8-10,14H,6-7,11H2. The van der Waals surface area contributed by atoms with Crippen LogP contribution in [0.3, 0.4) is 0 Å². The molecule has 1 saturated carbocycles. The van der Waals surface area contributed by atoms with Gasteiger partial charge in [-0.05, 0) is 48.7 Å². The molecular weight excluding hydrogens is 440 g/mol. The highest BCUT2D eigenvalue weighted by Crippen LogP contribution is 2.37. The van der Waals surface area contributed by atoms with Crippen molar-refractivity contribution in [1.29, 1.82) is 0 Å². The van der Waals surface area contributed by atoms with Gasteiger partial charge in [0.1, 0.15) is 5.58 Å². The van der Waals surface area contributed by atoms with Gasteiger partial charge in [-0.1, -0.05) is 39.8 Å². The van der Waals surface area contributed by atoms with E-state index in [0.717, 1.165) is 28.3 Å². The van der Waals surface area contributed by atoms with Crippen LogP contribution in [0, 0.1) is 0 Å². The zero-order chi connectivity index (χ0) is 19.3. The van der Waals surface area contributed by atoms with E-state index in [2.05, 4.69) is 15.9 Å². The predicted octanol–water partition coefficient (Wildman–Crippen LogP) is 4.89. The van der Waals surface area contributed by atoms with Gasteiger partial charge in [-0.25, -0.2) is 9.78 Å². The Balaban J connectivity index is 1.58. The number of halogens is 1. The molecule has 1 fully saturated rings. The highest BCUT2D eigenvalue weighted by atomic mass is 79.9. The van der Waals surface area contributed by atoms with E-state index in [1.807, 2.05) is 41.0 Å². The van der Waals surface area contributed by atoms with E-state index in [1.54, 1.807) is 6.07 Å². The molecule has 140 valence electrons. The molecule has 0 spiro atoms. The average molecular weight is 455 g/mol. The second kappa shape index (κ2) is 6.90. The minimum absolute atomic E-state index is 0.0111. The van der Waals surface area contributed by atoms with Crippen molar-refractivity contribution in [2.75, 3.05) is 0 Å². The van der Waals surface area contributed by atoms with Crippen molar-refractivity contribution in [3.05, 3.63) is 79.3 Å². The van der Waals surface area contributed by atoms with Gasteiger partial charge >= 0.3 is 5.63 Å². The van der Waals surface area contributed by atoms with Crippen LogP contribution in [-0.2, 0) is 5.75 Å². The number of thioether (sulfide) groups is 1. The Morgan fingerprint density at radius 2 is 1.93 bits per heavy atom. The summed E-state index contributed by atoms with van der Waals surface area (Å²) < 4.78 is 7.99. The molecule has 28 heavy (non-hydrogen) atoms. The molecule has 0 N–H and O–H groups in total. The normalized spacial score (nSPS) is 14.0. The average Bonchev–Trinajstić information content (AvgIpc) is 3.50. The number of aromatic nitrogens is 2. The van der Waals surface area contributed by atoms with Gasteiger partial charge in [0.2, 0.25) is 0 Å². The first-order valence-corrected chi connectivity index (χ1v) is 10.7. The van der Waals surface area contributed by atoms with E-state index in [1.165, 1.54) is 17.8 Å². The summed E-state index contributed by atoms with van der Waals surface area (Å²) in [6.07, 6.45) is 2.00. The van der Waals surface area contributed by atoms with Crippen molar-refractivity contribution >= 4 is 49.6 Å². The maximum absolute atomic E-state index is 13.0. The lowest BCUT2D eigenvalue weighted by Gasteiger charge is -2.12. The van der Waals surface area contributed by atoms with E-state index in [9.17, 15) is 9.59 Å². The molecule has 2 aromatic carbocycles. The number of nitrogens with zero attached hydrogens (tertiary/aromatic N) is 2. The zero-order valence-corrected chi connectivity index (χ0v) is 17.1. The molecule has 0 saturated heterocycles. The number of para-hydroxylation sites is 1. The summed E-state index contributed by atoms with van der Waals surface area (Å²) in [6, 6.07) is 14.8. The summed E-state index contributed by atoms with van der Waals surface area (Å²) in [4.78, 5) is 29.7. The fraction of sp³-hybridized carbons (Fsp3) is 0.190. The van der Waals surface area contributed by atoms with Crippen molar-refractivity contribution in [3.8, 4) is 0 Å². The van der Waals surface area contributed by atoms with Crippen LogP contribution < -0.4 is 11.2 Å². The molecule has 0 atom stereocenters. The molecule has 5 rings (SSSR count). The van der Waals surface area contributed by atoms with Gasteiger partial charge in [0.25, 0.3) is 5.56 Å². The van der Waals surface area contributed by atoms with Crippen molar-refractivity contribution in [3.63, 3.8) is 0 Å². The highest BCUT2D eigenvalue weighted by Gasteiger charge is 2.28. The van der Waals surface area contributed by atoms with E-state index < -0.39 is 0 Å². The summed E-state index contributed by atoms with van der Waals surface area (Å²) in [5.41, 5.74) is 1.74. The number of hydrogen-bond donors (Lipinski definition) is 0. The number of benzene rings is 2. The van der Waals surface area contributed by atoms with Crippen LogP contribution in [0.15, 0.2) is 72.2 Å². The lowest BCUT2D eigenvalue weighted by Crippen LogP contribution is -2.22. The van der Waals surface area contributed by atoms with Gasteiger partial charge in [-0.2, -0.15) is 0 Å². The zero-order valence-electron chi connectivity index (χ0n) is 14.7. The first kappa shape index (κ1) is 17.7. The Kier molecular flexibility index (Phi) is 4.36. The third kappa shape index (κ3) is 3.18. The maximum atomic E-state index is 13.0. The third-order valence-corrected chi connectivity index (χ3v) is 6.33. The predicted molar refractivity (Wildman–Crippen MR) is 114 cm³/mol. The summed E-state index contributed by atoms with van der Waals surface area (Å²) >= 11 is 4.89. The largest absolute Gasteiger partial charge is 0.423 e. The van der Waals surface area contributed by atoms with Crippen LogP contribution in [0.2, 0.25) is 0 Å². The SMILES string of the molecule is O=c1cc(CSc2nc3ccccc3c(=O)n2C2CC2)c2ccc(Br)cc2o1. The third-order valence-electron chi connectivity index (χ3n) is 4.84. The van der Waals surface area contributed by atoms with Gasteiger partial charge in [-0.3, -0.25) is 9.36 Å². The number of fused-ring (bicyclic) bond motifs is 2. The molecule has 0 amide bonds. The molecule has 0 radical (unpaired) electrons. The molecular formula is C21H15BrN2O3S. The van der Waals surface area contributed by atoms with Gasteiger partial charge in [-0.15, -0.1) is 0 Å². The van der Waals surface area contributed by atoms with E-state index in [-0.39, 0.29) is 17.2 Å². The van der Waals surface area contributed by atoms with Crippen LogP contribution in [0.4, 0.5) is 0 Å². The fourth-order valence-electron chi connectivity index (χ4n) is 3.35.